The zero-order chi connectivity index (χ0) is 13.7. The van der Waals surface area contributed by atoms with Crippen molar-refractivity contribution in [2.24, 2.45) is 11.8 Å². The molecule has 0 aromatic carbocycles. The first kappa shape index (κ1) is 15.3. The van der Waals surface area contributed by atoms with Crippen LogP contribution in [0.5, 0.6) is 0 Å². The molecule has 4 atom stereocenters. The van der Waals surface area contributed by atoms with E-state index in [0.29, 0.717) is 12.0 Å². The van der Waals surface area contributed by atoms with E-state index in [1.807, 2.05) is 0 Å². The van der Waals surface area contributed by atoms with E-state index >= 15 is 0 Å². The molecule has 0 amide bonds. The number of ether oxygens (including phenoxy) is 1. The molecule has 2 rings (SSSR count). The average Bonchev–Trinajstić information content (AvgIpc) is 2.58. The van der Waals surface area contributed by atoms with Gasteiger partial charge in [-0.05, 0) is 44.4 Å². The second-order valence-electron chi connectivity index (χ2n) is 6.59. The first-order chi connectivity index (χ1) is 9.19. The second kappa shape index (κ2) is 7.61. The quantitative estimate of drug-likeness (QED) is 0.851. The molecule has 0 radical (unpaired) electrons. The Labute approximate surface area is 118 Å². The van der Waals surface area contributed by atoms with Crippen molar-refractivity contribution in [1.82, 2.24) is 4.90 Å². The molecule has 19 heavy (non-hydrogen) atoms. The van der Waals surface area contributed by atoms with Crippen LogP contribution in [-0.4, -0.2) is 48.5 Å². The van der Waals surface area contributed by atoms with Gasteiger partial charge in [-0.2, -0.15) is 0 Å². The third-order valence-corrected chi connectivity index (χ3v) is 4.78. The molecule has 1 N–H and O–H groups in total. The third-order valence-electron chi connectivity index (χ3n) is 4.78. The van der Waals surface area contributed by atoms with Crippen LogP contribution in [0.4, 0.5) is 0 Å². The average molecular weight is 269 g/mol. The van der Waals surface area contributed by atoms with Gasteiger partial charge in [-0.1, -0.05) is 19.8 Å². The Bertz CT molecular complexity index is 259. The highest BCUT2D eigenvalue weighted by Crippen LogP contribution is 2.33. The first-order valence-electron chi connectivity index (χ1n) is 8.21. The van der Waals surface area contributed by atoms with Crippen molar-refractivity contribution < 1.29 is 9.84 Å². The lowest BCUT2D eigenvalue weighted by Crippen LogP contribution is -2.41. The van der Waals surface area contributed by atoms with E-state index in [4.69, 9.17) is 4.74 Å². The Balaban J connectivity index is 1.84. The van der Waals surface area contributed by atoms with Crippen molar-refractivity contribution >= 4 is 0 Å². The smallest absolute Gasteiger partial charge is 0.0673 e. The fourth-order valence-corrected chi connectivity index (χ4v) is 3.79. The number of nitrogens with zero attached hydrogens (tertiary/aromatic N) is 1. The van der Waals surface area contributed by atoms with Gasteiger partial charge in [-0.3, -0.25) is 0 Å². The summed E-state index contributed by atoms with van der Waals surface area (Å²) in [5.74, 6) is 1.33. The van der Waals surface area contributed by atoms with Crippen LogP contribution < -0.4 is 0 Å². The van der Waals surface area contributed by atoms with E-state index < -0.39 is 0 Å². The summed E-state index contributed by atoms with van der Waals surface area (Å²) >= 11 is 0. The highest BCUT2D eigenvalue weighted by atomic mass is 16.5. The molecule has 1 heterocycles. The predicted octanol–water partition coefficient (Wildman–Crippen LogP) is 2.67. The van der Waals surface area contributed by atoms with Gasteiger partial charge >= 0.3 is 0 Å². The summed E-state index contributed by atoms with van der Waals surface area (Å²) in [6.45, 7) is 8.55. The van der Waals surface area contributed by atoms with Crippen molar-refractivity contribution in [2.45, 2.75) is 64.6 Å². The fraction of sp³-hybridized carbons (Fsp3) is 1.00. The van der Waals surface area contributed by atoms with Crippen LogP contribution in [0.25, 0.3) is 0 Å². The molecule has 1 aliphatic heterocycles. The molecule has 1 saturated heterocycles. The Morgan fingerprint density at radius 2 is 2.16 bits per heavy atom. The zero-order valence-corrected chi connectivity index (χ0v) is 12.7. The lowest BCUT2D eigenvalue weighted by atomic mass is 9.77. The van der Waals surface area contributed by atoms with Crippen LogP contribution in [0, 0.1) is 11.8 Å². The Morgan fingerprint density at radius 1 is 1.32 bits per heavy atom. The lowest BCUT2D eigenvalue weighted by Gasteiger charge is -2.36. The van der Waals surface area contributed by atoms with E-state index in [0.717, 1.165) is 45.0 Å². The molecule has 4 unspecified atom stereocenters. The van der Waals surface area contributed by atoms with Crippen LogP contribution in [0.15, 0.2) is 0 Å². The molecule has 0 bridgehead atoms. The van der Waals surface area contributed by atoms with Gasteiger partial charge in [0.2, 0.25) is 0 Å². The monoisotopic (exact) mass is 269 g/mol. The minimum Gasteiger partial charge on any atom is -0.393 e. The van der Waals surface area contributed by atoms with E-state index in [9.17, 15) is 5.11 Å². The zero-order valence-electron chi connectivity index (χ0n) is 12.7. The molecular weight excluding hydrogens is 238 g/mol. The molecule has 3 nitrogen and oxygen atoms in total. The number of aliphatic hydroxyl groups is 1. The van der Waals surface area contributed by atoms with Crippen molar-refractivity contribution in [3.05, 3.63) is 0 Å². The van der Waals surface area contributed by atoms with E-state index in [1.54, 1.807) is 0 Å². The minimum atomic E-state index is -0.0763. The van der Waals surface area contributed by atoms with Crippen LogP contribution in [0.2, 0.25) is 0 Å². The maximum Gasteiger partial charge on any atom is 0.0673 e. The Hall–Kier alpha value is -0.120. The highest BCUT2D eigenvalue weighted by molar-refractivity contribution is 4.83. The normalized spacial score (nSPS) is 38.1. The van der Waals surface area contributed by atoms with Crippen molar-refractivity contribution in [2.75, 3.05) is 26.2 Å². The third kappa shape index (κ3) is 4.73. The Morgan fingerprint density at radius 3 is 2.95 bits per heavy atom. The summed E-state index contributed by atoms with van der Waals surface area (Å²) in [6, 6.07) is 0. The van der Waals surface area contributed by atoms with Crippen molar-refractivity contribution in [3.63, 3.8) is 0 Å². The maximum atomic E-state index is 10.3. The van der Waals surface area contributed by atoms with E-state index in [-0.39, 0.29) is 6.10 Å². The van der Waals surface area contributed by atoms with Gasteiger partial charge in [0.05, 0.1) is 12.2 Å². The molecule has 112 valence electrons. The first-order valence-corrected chi connectivity index (χ1v) is 8.21. The predicted molar refractivity (Wildman–Crippen MR) is 78.2 cm³/mol. The molecular formula is C16H31NO2. The number of aliphatic hydroxyl groups excluding tert-OH is 1. The van der Waals surface area contributed by atoms with Gasteiger partial charge < -0.3 is 14.7 Å². The molecule has 0 spiro atoms. The topological polar surface area (TPSA) is 32.7 Å². The fourth-order valence-electron chi connectivity index (χ4n) is 3.79. The van der Waals surface area contributed by atoms with Crippen LogP contribution in [0.3, 0.4) is 0 Å². The van der Waals surface area contributed by atoms with Gasteiger partial charge in [-0.25, -0.2) is 0 Å². The van der Waals surface area contributed by atoms with Crippen LogP contribution in [0.1, 0.15) is 52.4 Å². The molecule has 1 aliphatic carbocycles. The molecule has 2 aliphatic rings. The SMILES string of the molecule is CCCC1CCC(O)C(CN2CCCOC(C)C2)C1. The maximum absolute atomic E-state index is 10.3. The number of hydrogen-bond donors (Lipinski definition) is 1. The second-order valence-corrected chi connectivity index (χ2v) is 6.59. The van der Waals surface area contributed by atoms with Crippen molar-refractivity contribution in [3.8, 4) is 0 Å². The van der Waals surface area contributed by atoms with Crippen molar-refractivity contribution in [1.29, 1.82) is 0 Å². The van der Waals surface area contributed by atoms with Gasteiger partial charge in [-0.15, -0.1) is 0 Å². The lowest BCUT2D eigenvalue weighted by molar-refractivity contribution is 0.0183. The van der Waals surface area contributed by atoms with Gasteiger partial charge in [0.1, 0.15) is 0 Å². The molecule has 1 saturated carbocycles. The standard InChI is InChI=1S/C16H31NO2/c1-3-5-14-6-7-16(18)15(10-14)12-17-8-4-9-19-13(2)11-17/h13-16,18H,3-12H2,1-2H3. The minimum absolute atomic E-state index is 0.0763. The Kier molecular flexibility index (Phi) is 6.11. The van der Waals surface area contributed by atoms with Crippen LogP contribution >= 0.6 is 0 Å². The van der Waals surface area contributed by atoms with E-state index in [1.165, 1.54) is 25.7 Å². The number of hydrogen-bond acceptors (Lipinski definition) is 3. The van der Waals surface area contributed by atoms with Gasteiger partial charge in [0.25, 0.3) is 0 Å². The molecule has 0 aromatic heterocycles. The molecule has 3 heteroatoms. The summed E-state index contributed by atoms with van der Waals surface area (Å²) < 4.78 is 5.70. The van der Waals surface area contributed by atoms with Gasteiger partial charge in [0.15, 0.2) is 0 Å². The molecule has 0 aromatic rings. The summed E-state index contributed by atoms with van der Waals surface area (Å²) in [7, 11) is 0. The molecule has 2 fully saturated rings. The summed E-state index contributed by atoms with van der Waals surface area (Å²) in [5, 5.41) is 10.3. The van der Waals surface area contributed by atoms with E-state index in [2.05, 4.69) is 18.7 Å². The number of rotatable bonds is 4. The summed E-state index contributed by atoms with van der Waals surface area (Å²) in [4.78, 5) is 2.51. The van der Waals surface area contributed by atoms with Gasteiger partial charge in [0, 0.05) is 26.2 Å². The summed E-state index contributed by atoms with van der Waals surface area (Å²) in [6.07, 6.45) is 7.47. The highest BCUT2D eigenvalue weighted by Gasteiger charge is 2.30. The summed E-state index contributed by atoms with van der Waals surface area (Å²) in [5.41, 5.74) is 0. The van der Waals surface area contributed by atoms with Crippen LogP contribution in [-0.2, 0) is 4.74 Å². The largest absolute Gasteiger partial charge is 0.393 e.